The van der Waals surface area contributed by atoms with Crippen molar-refractivity contribution in [1.82, 2.24) is 0 Å². The number of carboxylic acids is 1. The van der Waals surface area contributed by atoms with Crippen LogP contribution in [0.3, 0.4) is 0 Å². The second kappa shape index (κ2) is 4.79. The molecule has 0 unspecified atom stereocenters. The molecule has 0 fully saturated rings. The molecule has 10 heavy (non-hydrogen) atoms. The van der Waals surface area contributed by atoms with E-state index in [1.807, 2.05) is 6.92 Å². The van der Waals surface area contributed by atoms with Crippen LogP contribution in [0.4, 0.5) is 0 Å². The van der Waals surface area contributed by atoms with Gasteiger partial charge in [0, 0.05) is 0 Å². The Labute approximate surface area is 60.9 Å². The number of hydrogen-bond acceptors (Lipinski definition) is 1. The quantitative estimate of drug-likeness (QED) is 0.479. The molecule has 0 saturated heterocycles. The molecule has 0 spiro atoms. The lowest BCUT2D eigenvalue weighted by atomic mass is 10.2. The van der Waals surface area contributed by atoms with Gasteiger partial charge in [-0.15, -0.1) is 0 Å². The van der Waals surface area contributed by atoms with Gasteiger partial charge in [-0.3, -0.25) is 0 Å². The predicted octanol–water partition coefficient (Wildman–Crippen LogP) is 1.98. The van der Waals surface area contributed by atoms with Crippen molar-refractivity contribution in [3.05, 3.63) is 24.3 Å². The third-order valence-electron chi connectivity index (χ3n) is 1.12. The van der Waals surface area contributed by atoms with E-state index in [1.165, 1.54) is 6.08 Å². The van der Waals surface area contributed by atoms with Crippen LogP contribution < -0.4 is 0 Å². The third-order valence-corrected chi connectivity index (χ3v) is 1.12. The maximum absolute atomic E-state index is 10.3. The number of aliphatic carboxylic acids is 1. The van der Waals surface area contributed by atoms with Crippen molar-refractivity contribution in [2.45, 2.75) is 19.8 Å². The van der Waals surface area contributed by atoms with Gasteiger partial charge in [-0.25, -0.2) is 4.79 Å². The fourth-order valence-corrected chi connectivity index (χ4v) is 0.558. The highest BCUT2D eigenvalue weighted by atomic mass is 16.4. The Bertz CT molecular complexity index is 157. The second-order valence-electron chi connectivity index (χ2n) is 1.96. The van der Waals surface area contributed by atoms with Gasteiger partial charge in [-0.2, -0.15) is 0 Å². The minimum absolute atomic E-state index is 0.293. The third kappa shape index (κ3) is 3.07. The van der Waals surface area contributed by atoms with E-state index in [0.29, 0.717) is 5.57 Å². The molecular weight excluding hydrogens is 128 g/mol. The largest absolute Gasteiger partial charge is 0.478 e. The van der Waals surface area contributed by atoms with Crippen molar-refractivity contribution in [2.24, 2.45) is 0 Å². The molecule has 0 bridgehead atoms. The molecule has 2 nitrogen and oxygen atoms in total. The number of hydrogen-bond donors (Lipinski definition) is 1. The second-order valence-corrected chi connectivity index (χ2v) is 1.96. The summed E-state index contributed by atoms with van der Waals surface area (Å²) in [4.78, 5) is 10.3. The van der Waals surface area contributed by atoms with Crippen LogP contribution in [-0.4, -0.2) is 11.1 Å². The van der Waals surface area contributed by atoms with Crippen LogP contribution in [0.25, 0.3) is 0 Å². The molecule has 0 aromatic rings. The first-order chi connectivity index (χ1) is 4.72. The number of rotatable bonds is 4. The van der Waals surface area contributed by atoms with Crippen LogP contribution in [0.1, 0.15) is 19.8 Å². The summed E-state index contributed by atoms with van der Waals surface area (Å²) in [5.41, 5.74) is 0.293. The summed E-state index contributed by atoms with van der Waals surface area (Å²) in [6.07, 6.45) is 4.80. The average molecular weight is 140 g/mol. The number of unbranched alkanes of at least 4 members (excludes halogenated alkanes) is 1. The SMILES string of the molecule is C=CC(=CCCC)C(=O)O. The van der Waals surface area contributed by atoms with Crippen LogP contribution in [0.2, 0.25) is 0 Å². The zero-order valence-electron chi connectivity index (χ0n) is 6.13. The van der Waals surface area contributed by atoms with Crippen LogP contribution in [0.5, 0.6) is 0 Å². The van der Waals surface area contributed by atoms with Gasteiger partial charge in [0.2, 0.25) is 0 Å². The molecule has 0 rings (SSSR count). The summed E-state index contributed by atoms with van der Waals surface area (Å²) in [6.45, 7) is 5.39. The van der Waals surface area contributed by atoms with Gasteiger partial charge < -0.3 is 5.11 Å². The lowest BCUT2D eigenvalue weighted by Gasteiger charge is -1.91. The van der Waals surface area contributed by atoms with Crippen molar-refractivity contribution in [2.75, 3.05) is 0 Å². The highest BCUT2D eigenvalue weighted by molar-refractivity contribution is 5.89. The smallest absolute Gasteiger partial charge is 0.335 e. The zero-order valence-corrected chi connectivity index (χ0v) is 6.13. The number of allylic oxidation sites excluding steroid dienone is 1. The van der Waals surface area contributed by atoms with Gasteiger partial charge in [0.05, 0.1) is 5.57 Å². The van der Waals surface area contributed by atoms with Crippen LogP contribution in [-0.2, 0) is 4.79 Å². The maximum atomic E-state index is 10.3. The lowest BCUT2D eigenvalue weighted by molar-refractivity contribution is -0.132. The van der Waals surface area contributed by atoms with E-state index in [2.05, 4.69) is 6.58 Å². The van der Waals surface area contributed by atoms with Crippen molar-refractivity contribution in [1.29, 1.82) is 0 Å². The van der Waals surface area contributed by atoms with E-state index >= 15 is 0 Å². The van der Waals surface area contributed by atoms with Crippen molar-refractivity contribution in [3.63, 3.8) is 0 Å². The van der Waals surface area contributed by atoms with E-state index in [0.717, 1.165) is 12.8 Å². The van der Waals surface area contributed by atoms with Crippen molar-refractivity contribution in [3.8, 4) is 0 Å². The molecule has 0 amide bonds. The summed E-state index contributed by atoms with van der Waals surface area (Å²) in [7, 11) is 0. The zero-order chi connectivity index (χ0) is 7.98. The van der Waals surface area contributed by atoms with E-state index in [-0.39, 0.29) is 0 Å². The molecule has 56 valence electrons. The van der Waals surface area contributed by atoms with E-state index in [1.54, 1.807) is 6.08 Å². The van der Waals surface area contributed by atoms with Gasteiger partial charge in [0.25, 0.3) is 0 Å². The van der Waals surface area contributed by atoms with Crippen LogP contribution >= 0.6 is 0 Å². The molecular formula is C8H12O2. The predicted molar refractivity (Wildman–Crippen MR) is 40.8 cm³/mol. The van der Waals surface area contributed by atoms with Gasteiger partial charge in [0.15, 0.2) is 0 Å². The Balaban J connectivity index is 4.04. The highest BCUT2D eigenvalue weighted by Crippen LogP contribution is 1.99. The Hall–Kier alpha value is -1.05. The average Bonchev–Trinajstić information content (AvgIpc) is 1.89. The molecule has 0 radical (unpaired) electrons. The van der Waals surface area contributed by atoms with E-state index in [4.69, 9.17) is 5.11 Å². The molecule has 0 aromatic carbocycles. The van der Waals surface area contributed by atoms with E-state index < -0.39 is 5.97 Å². The first kappa shape index (κ1) is 8.95. The molecule has 0 aliphatic carbocycles. The molecule has 0 aliphatic rings. The Morgan fingerprint density at radius 3 is 2.60 bits per heavy atom. The first-order valence-corrected chi connectivity index (χ1v) is 3.28. The minimum atomic E-state index is -0.900. The summed E-state index contributed by atoms with van der Waals surface area (Å²) >= 11 is 0. The van der Waals surface area contributed by atoms with Crippen molar-refractivity contribution >= 4 is 5.97 Å². The first-order valence-electron chi connectivity index (χ1n) is 3.28. The molecule has 0 aromatic heterocycles. The van der Waals surface area contributed by atoms with E-state index in [9.17, 15) is 4.79 Å². The summed E-state index contributed by atoms with van der Waals surface area (Å²) in [5, 5.41) is 8.46. The topological polar surface area (TPSA) is 37.3 Å². The normalized spacial score (nSPS) is 11.1. The number of carboxylic acid groups (broad SMARTS) is 1. The molecule has 0 heterocycles. The van der Waals surface area contributed by atoms with Gasteiger partial charge in [0.1, 0.15) is 0 Å². The Kier molecular flexibility index (Phi) is 4.29. The van der Waals surface area contributed by atoms with Gasteiger partial charge >= 0.3 is 5.97 Å². The fourth-order valence-electron chi connectivity index (χ4n) is 0.558. The Morgan fingerprint density at radius 2 is 2.30 bits per heavy atom. The molecule has 1 N–H and O–H groups in total. The lowest BCUT2D eigenvalue weighted by Crippen LogP contribution is -1.96. The molecule has 0 saturated carbocycles. The van der Waals surface area contributed by atoms with Gasteiger partial charge in [-0.05, 0) is 6.42 Å². The highest BCUT2D eigenvalue weighted by Gasteiger charge is 1.98. The summed E-state index contributed by atoms with van der Waals surface area (Å²) < 4.78 is 0. The van der Waals surface area contributed by atoms with Crippen LogP contribution in [0.15, 0.2) is 24.3 Å². The fraction of sp³-hybridized carbons (Fsp3) is 0.375. The van der Waals surface area contributed by atoms with Crippen molar-refractivity contribution < 1.29 is 9.90 Å². The summed E-state index contributed by atoms with van der Waals surface area (Å²) in [5.74, 6) is -0.900. The number of carbonyl (C=O) groups is 1. The maximum Gasteiger partial charge on any atom is 0.335 e. The van der Waals surface area contributed by atoms with Crippen LogP contribution in [0, 0.1) is 0 Å². The molecule has 0 aliphatic heterocycles. The molecule has 0 atom stereocenters. The monoisotopic (exact) mass is 140 g/mol. The minimum Gasteiger partial charge on any atom is -0.478 e. The summed E-state index contributed by atoms with van der Waals surface area (Å²) in [6, 6.07) is 0. The Morgan fingerprint density at radius 1 is 1.70 bits per heavy atom. The standard InChI is InChI=1S/C8H12O2/c1-3-5-6-7(4-2)8(9)10/h4,6H,2-3,5H2,1H3,(H,9,10). The van der Waals surface area contributed by atoms with Gasteiger partial charge in [-0.1, -0.05) is 32.1 Å². The molecule has 2 heteroatoms.